The Kier molecular flexibility index (Phi) is 5.56. The second kappa shape index (κ2) is 8.29. The number of thioether (sulfide) groups is 1. The van der Waals surface area contributed by atoms with Crippen LogP contribution < -0.4 is 0 Å². The number of carbonyl (C=O) groups is 2. The average molecular weight is 484 g/mol. The lowest BCUT2D eigenvalue weighted by molar-refractivity contribution is -0.384. The van der Waals surface area contributed by atoms with E-state index in [-0.39, 0.29) is 23.4 Å². The molecule has 0 saturated carbocycles. The highest BCUT2D eigenvalue weighted by atomic mass is 79.9. The van der Waals surface area contributed by atoms with Crippen molar-refractivity contribution in [1.82, 2.24) is 9.47 Å². The number of imide groups is 1. The zero-order valence-corrected chi connectivity index (χ0v) is 17.8. The Morgan fingerprint density at radius 3 is 2.53 bits per heavy atom. The quantitative estimate of drug-likeness (QED) is 0.276. The normalized spacial score (nSPS) is 15.2. The van der Waals surface area contributed by atoms with Gasteiger partial charge in [-0.25, -0.2) is 0 Å². The third-order valence-electron chi connectivity index (χ3n) is 4.51. The summed E-state index contributed by atoms with van der Waals surface area (Å²) in [6.45, 7) is 0.0621. The van der Waals surface area contributed by atoms with E-state index in [9.17, 15) is 19.7 Å². The van der Waals surface area contributed by atoms with Crippen molar-refractivity contribution in [3.8, 4) is 5.69 Å². The number of rotatable bonds is 5. The molecule has 1 aliphatic heterocycles. The van der Waals surface area contributed by atoms with Crippen molar-refractivity contribution in [2.45, 2.75) is 6.54 Å². The van der Waals surface area contributed by atoms with E-state index in [0.29, 0.717) is 10.5 Å². The highest BCUT2D eigenvalue weighted by molar-refractivity contribution is 9.10. The molecule has 0 bridgehead atoms. The summed E-state index contributed by atoms with van der Waals surface area (Å²) in [5, 5.41) is 10.4. The Labute approximate surface area is 184 Å². The van der Waals surface area contributed by atoms with Gasteiger partial charge in [-0.05, 0) is 53.7 Å². The number of halogens is 1. The molecule has 0 unspecified atom stereocenters. The van der Waals surface area contributed by atoms with Crippen LogP contribution in [0, 0.1) is 10.1 Å². The Morgan fingerprint density at radius 2 is 1.83 bits per heavy atom. The molecule has 1 saturated heterocycles. The van der Waals surface area contributed by atoms with Gasteiger partial charge in [-0.3, -0.25) is 24.6 Å². The summed E-state index contributed by atoms with van der Waals surface area (Å²) in [6, 6.07) is 17.3. The second-order valence-corrected chi connectivity index (χ2v) is 8.38. The average Bonchev–Trinajstić information content (AvgIpc) is 3.29. The molecule has 1 fully saturated rings. The zero-order valence-electron chi connectivity index (χ0n) is 15.4. The molecule has 4 rings (SSSR count). The van der Waals surface area contributed by atoms with E-state index >= 15 is 0 Å². The number of carbonyl (C=O) groups excluding carboxylic acids is 2. The van der Waals surface area contributed by atoms with Gasteiger partial charge in [0.2, 0.25) is 0 Å². The maximum absolute atomic E-state index is 12.8. The first-order valence-electron chi connectivity index (χ1n) is 8.84. The van der Waals surface area contributed by atoms with Crippen LogP contribution in [0.2, 0.25) is 0 Å². The van der Waals surface area contributed by atoms with E-state index in [4.69, 9.17) is 0 Å². The topological polar surface area (TPSA) is 85.5 Å². The molecular weight excluding hydrogens is 470 g/mol. The molecule has 1 aliphatic rings. The monoisotopic (exact) mass is 483 g/mol. The van der Waals surface area contributed by atoms with Crippen molar-refractivity contribution in [1.29, 1.82) is 0 Å². The molecular formula is C21H14BrN3O4S. The zero-order chi connectivity index (χ0) is 21.3. The van der Waals surface area contributed by atoms with Crippen molar-refractivity contribution in [2.75, 3.05) is 0 Å². The number of aromatic nitrogens is 1. The fourth-order valence-corrected chi connectivity index (χ4v) is 4.26. The minimum Gasteiger partial charge on any atom is -0.317 e. The summed E-state index contributed by atoms with van der Waals surface area (Å²) in [6.07, 6.45) is 3.58. The largest absolute Gasteiger partial charge is 0.317 e. The molecule has 2 aromatic carbocycles. The van der Waals surface area contributed by atoms with Crippen LogP contribution in [0.4, 0.5) is 10.5 Å². The summed E-state index contributed by atoms with van der Waals surface area (Å²) < 4.78 is 2.86. The van der Waals surface area contributed by atoms with E-state index in [1.165, 1.54) is 12.1 Å². The molecule has 0 spiro atoms. The van der Waals surface area contributed by atoms with E-state index in [1.807, 2.05) is 47.2 Å². The number of amides is 2. The first kappa shape index (κ1) is 20.1. The maximum Gasteiger partial charge on any atom is 0.293 e. The molecule has 0 atom stereocenters. The second-order valence-electron chi connectivity index (χ2n) is 6.47. The van der Waals surface area contributed by atoms with Gasteiger partial charge in [0.15, 0.2) is 0 Å². The van der Waals surface area contributed by atoms with Crippen LogP contribution in [-0.4, -0.2) is 25.5 Å². The van der Waals surface area contributed by atoms with Crippen LogP contribution in [0.25, 0.3) is 11.8 Å². The molecule has 150 valence electrons. The third-order valence-corrected chi connectivity index (χ3v) is 5.91. The summed E-state index contributed by atoms with van der Waals surface area (Å²) in [7, 11) is 0. The van der Waals surface area contributed by atoms with Crippen molar-refractivity contribution < 1.29 is 14.5 Å². The van der Waals surface area contributed by atoms with Gasteiger partial charge in [-0.15, -0.1) is 0 Å². The van der Waals surface area contributed by atoms with Gasteiger partial charge in [-0.2, -0.15) is 0 Å². The molecule has 1 aromatic heterocycles. The standard InChI is InChI=1S/C21H14BrN3O4S/c22-15-3-1-4-17(11-15)23-10-2-5-18(23)12-19-20(26)24(21(27)30-19)13-14-6-8-16(9-7-14)25(28)29/h1-12H,13H2/b19-12-. The van der Waals surface area contributed by atoms with Crippen molar-refractivity contribution >= 4 is 50.6 Å². The fourth-order valence-electron chi connectivity index (χ4n) is 3.05. The minimum absolute atomic E-state index is 0.0407. The maximum atomic E-state index is 12.8. The fraction of sp³-hybridized carbons (Fsp3) is 0.0476. The Balaban J connectivity index is 1.57. The predicted molar refractivity (Wildman–Crippen MR) is 118 cm³/mol. The number of nitrogens with zero attached hydrogens (tertiary/aromatic N) is 3. The van der Waals surface area contributed by atoms with Gasteiger partial charge in [0.05, 0.1) is 16.4 Å². The summed E-state index contributed by atoms with van der Waals surface area (Å²) >= 11 is 4.34. The Bertz CT molecular complexity index is 1190. The lowest BCUT2D eigenvalue weighted by Crippen LogP contribution is -2.27. The smallest absolute Gasteiger partial charge is 0.293 e. The first-order chi connectivity index (χ1) is 14.4. The van der Waals surface area contributed by atoms with E-state index < -0.39 is 4.92 Å². The molecule has 2 heterocycles. The van der Waals surface area contributed by atoms with Crippen LogP contribution in [0.3, 0.4) is 0 Å². The van der Waals surface area contributed by atoms with Gasteiger partial charge in [0.25, 0.3) is 16.8 Å². The number of non-ortho nitro benzene ring substituents is 1. The van der Waals surface area contributed by atoms with Gasteiger partial charge in [-0.1, -0.05) is 34.1 Å². The SMILES string of the molecule is O=C1S/C(=C\c2cccn2-c2cccc(Br)c2)C(=O)N1Cc1ccc([N+](=O)[O-])cc1. The number of hydrogen-bond donors (Lipinski definition) is 0. The lowest BCUT2D eigenvalue weighted by Gasteiger charge is -2.12. The summed E-state index contributed by atoms with van der Waals surface area (Å²) in [4.78, 5) is 37.0. The van der Waals surface area contributed by atoms with E-state index in [2.05, 4.69) is 15.9 Å². The Hall–Kier alpha value is -3.17. The highest BCUT2D eigenvalue weighted by Crippen LogP contribution is 2.34. The van der Waals surface area contributed by atoms with Crippen LogP contribution in [-0.2, 0) is 11.3 Å². The molecule has 7 nitrogen and oxygen atoms in total. The molecule has 9 heteroatoms. The van der Waals surface area contributed by atoms with Gasteiger partial charge >= 0.3 is 0 Å². The Morgan fingerprint density at radius 1 is 1.07 bits per heavy atom. The van der Waals surface area contributed by atoms with Gasteiger partial charge < -0.3 is 4.57 Å². The van der Waals surface area contributed by atoms with E-state index in [0.717, 1.165) is 32.5 Å². The molecule has 3 aromatic rings. The number of nitro benzene ring substituents is 1. The molecule has 30 heavy (non-hydrogen) atoms. The van der Waals surface area contributed by atoms with Crippen molar-refractivity contribution in [2.24, 2.45) is 0 Å². The lowest BCUT2D eigenvalue weighted by atomic mass is 10.2. The molecule has 2 amide bonds. The summed E-state index contributed by atoms with van der Waals surface area (Å²) in [5.74, 6) is -0.384. The number of hydrogen-bond acceptors (Lipinski definition) is 5. The van der Waals surface area contributed by atoms with Crippen LogP contribution >= 0.6 is 27.7 Å². The molecule has 0 aliphatic carbocycles. The van der Waals surface area contributed by atoms with Gasteiger partial charge in [0, 0.05) is 34.2 Å². The van der Waals surface area contributed by atoms with Crippen LogP contribution in [0.5, 0.6) is 0 Å². The van der Waals surface area contributed by atoms with Crippen molar-refractivity contribution in [3.63, 3.8) is 0 Å². The van der Waals surface area contributed by atoms with Gasteiger partial charge in [0.1, 0.15) is 0 Å². The highest BCUT2D eigenvalue weighted by Gasteiger charge is 2.35. The van der Waals surface area contributed by atoms with Crippen LogP contribution in [0.1, 0.15) is 11.3 Å². The van der Waals surface area contributed by atoms with E-state index in [1.54, 1.807) is 18.2 Å². The molecule has 0 N–H and O–H groups in total. The van der Waals surface area contributed by atoms with Crippen LogP contribution in [0.15, 0.2) is 76.2 Å². The first-order valence-corrected chi connectivity index (χ1v) is 10.5. The minimum atomic E-state index is -0.493. The van der Waals surface area contributed by atoms with Crippen molar-refractivity contribution in [3.05, 3.63) is 97.6 Å². The predicted octanol–water partition coefficient (Wildman–Crippen LogP) is 5.38. The summed E-state index contributed by atoms with van der Waals surface area (Å²) in [5.41, 5.74) is 2.29. The third kappa shape index (κ3) is 4.07. The molecule has 0 radical (unpaired) electrons. The number of benzene rings is 2. The number of nitro groups is 1.